The molecule has 0 atom stereocenters. The van der Waals surface area contributed by atoms with Gasteiger partial charge in [-0.2, -0.15) is 5.26 Å². The summed E-state index contributed by atoms with van der Waals surface area (Å²) in [6.07, 6.45) is 0. The highest BCUT2D eigenvalue weighted by Gasteiger charge is 2.27. The molecule has 0 radical (unpaired) electrons. The van der Waals surface area contributed by atoms with Gasteiger partial charge in [-0.15, -0.1) is 0 Å². The van der Waals surface area contributed by atoms with E-state index in [9.17, 15) is 5.26 Å². The Balaban J connectivity index is 0.829. The molecule has 0 unspecified atom stereocenters. The number of nitrogens with zero attached hydrogens (tertiary/aromatic N) is 4. The molecule has 0 amide bonds. The molecule has 4 heteroatoms. The summed E-state index contributed by atoms with van der Waals surface area (Å²) < 4.78 is 0. The first-order chi connectivity index (χ1) is 37.6. The number of hydrogen-bond acceptors (Lipinski definition) is 4. The van der Waals surface area contributed by atoms with E-state index in [0.717, 1.165) is 61.2 Å². The second-order valence-electron chi connectivity index (χ2n) is 19.7. The summed E-state index contributed by atoms with van der Waals surface area (Å²) >= 11 is 0. The van der Waals surface area contributed by atoms with Crippen molar-refractivity contribution in [3.8, 4) is 140 Å². The second-order valence-corrected chi connectivity index (χ2v) is 19.7. The Bertz CT molecular complexity index is 4580. The third kappa shape index (κ3) is 6.88. The molecule has 4 nitrogen and oxygen atoms in total. The van der Waals surface area contributed by atoms with Crippen molar-refractivity contribution < 1.29 is 0 Å². The van der Waals surface area contributed by atoms with Crippen molar-refractivity contribution in [1.82, 2.24) is 15.0 Å². The van der Waals surface area contributed by atoms with Crippen molar-refractivity contribution in [2.75, 3.05) is 0 Å². The minimum Gasteiger partial charge on any atom is -0.208 e. The van der Waals surface area contributed by atoms with Crippen LogP contribution in [-0.4, -0.2) is 15.0 Å². The SMILES string of the molecule is N#Cc1cccc(-c2cccc(-c3ccccc3-c3ccc4cccc5c4c3-c3ccccc3-5)c2)c1-c1ccccc1-c1nc(-c2ccccc2)nc(-c2ccc(-c3ccc4c(c3)-c3cccc5cccc-4c35)cc2)n1. The first-order valence-corrected chi connectivity index (χ1v) is 25.7. The molecular weight excluding hydrogens is 921 g/mol. The van der Waals surface area contributed by atoms with Crippen molar-refractivity contribution in [2.45, 2.75) is 0 Å². The molecule has 1 aromatic heterocycles. The van der Waals surface area contributed by atoms with E-state index in [4.69, 9.17) is 15.0 Å². The van der Waals surface area contributed by atoms with Gasteiger partial charge in [0.1, 0.15) is 0 Å². The van der Waals surface area contributed by atoms with Crippen LogP contribution in [0.3, 0.4) is 0 Å². The van der Waals surface area contributed by atoms with E-state index in [-0.39, 0.29) is 0 Å². The van der Waals surface area contributed by atoms with Gasteiger partial charge in [-0.25, -0.2) is 15.0 Å². The number of fused-ring (bicyclic) bond motifs is 6. The van der Waals surface area contributed by atoms with Gasteiger partial charge >= 0.3 is 0 Å². The molecule has 1 heterocycles. The van der Waals surface area contributed by atoms with Gasteiger partial charge in [-0.1, -0.05) is 237 Å². The Morgan fingerprint density at radius 2 is 0.684 bits per heavy atom. The van der Waals surface area contributed by atoms with Gasteiger partial charge in [-0.05, 0) is 134 Å². The van der Waals surface area contributed by atoms with E-state index >= 15 is 0 Å². The molecule has 2 aliphatic rings. The zero-order valence-electron chi connectivity index (χ0n) is 41.0. The Hall–Kier alpha value is -10.3. The van der Waals surface area contributed by atoms with E-state index in [0.29, 0.717) is 23.0 Å². The van der Waals surface area contributed by atoms with Gasteiger partial charge < -0.3 is 0 Å². The summed E-state index contributed by atoms with van der Waals surface area (Å²) in [5.74, 6) is 1.65. The van der Waals surface area contributed by atoms with Crippen LogP contribution in [0.5, 0.6) is 0 Å². The standard InChI is InChI=1S/C72H42N4/c73-43-52-22-14-29-54(51-21-10-20-50(41-51)53-23-4-5-24-55(53)63-40-37-46-19-13-31-59-56-25-6-7-26-60(56)69(63)68(46)59)67(52)61-27-8-9-28-64(61)72-75-70(47-15-2-1-3-16-47)74-71(76-72)48-35-33-44(34-36-48)49-38-39-57-58-30-11-17-45-18-12-32-62(66(45)58)65(57)42-49/h1-42H. The first kappa shape index (κ1) is 43.3. The molecule has 76 heavy (non-hydrogen) atoms. The van der Waals surface area contributed by atoms with Crippen LogP contribution in [0.1, 0.15) is 5.56 Å². The van der Waals surface area contributed by atoms with E-state index in [1.54, 1.807) is 0 Å². The zero-order chi connectivity index (χ0) is 50.3. The van der Waals surface area contributed by atoms with Gasteiger partial charge in [0.15, 0.2) is 17.5 Å². The summed E-state index contributed by atoms with van der Waals surface area (Å²) in [6, 6.07) is 92.7. The molecule has 0 spiro atoms. The lowest BCUT2D eigenvalue weighted by Crippen LogP contribution is -2.02. The smallest absolute Gasteiger partial charge is 0.164 e. The number of nitriles is 1. The second kappa shape index (κ2) is 17.4. The maximum absolute atomic E-state index is 10.9. The Morgan fingerprint density at radius 3 is 1.39 bits per heavy atom. The molecule has 0 saturated heterocycles. The summed E-state index contributed by atoms with van der Waals surface area (Å²) in [6.45, 7) is 0. The molecule has 12 aromatic carbocycles. The van der Waals surface area contributed by atoms with Crippen molar-refractivity contribution in [1.29, 1.82) is 5.26 Å². The highest BCUT2D eigenvalue weighted by atomic mass is 15.0. The average molecular weight is 963 g/mol. The molecule has 13 aromatic rings. The van der Waals surface area contributed by atoms with Gasteiger partial charge in [0.25, 0.3) is 0 Å². The van der Waals surface area contributed by atoms with Gasteiger partial charge in [0.05, 0.1) is 11.6 Å². The summed E-state index contributed by atoms with van der Waals surface area (Å²) in [7, 11) is 0. The first-order valence-electron chi connectivity index (χ1n) is 25.7. The van der Waals surface area contributed by atoms with Gasteiger partial charge in [0, 0.05) is 22.3 Å². The minimum atomic E-state index is 0.519. The quantitative estimate of drug-likeness (QED) is 0.152. The van der Waals surface area contributed by atoms with Crippen LogP contribution < -0.4 is 0 Å². The van der Waals surface area contributed by atoms with E-state index in [1.807, 2.05) is 54.6 Å². The Morgan fingerprint density at radius 1 is 0.237 bits per heavy atom. The van der Waals surface area contributed by atoms with Crippen molar-refractivity contribution in [3.63, 3.8) is 0 Å². The fraction of sp³-hybridized carbons (Fsp3) is 0. The predicted molar refractivity (Wildman–Crippen MR) is 312 cm³/mol. The third-order valence-corrected chi connectivity index (χ3v) is 15.5. The number of aromatic nitrogens is 3. The molecule has 0 bridgehead atoms. The molecule has 0 fully saturated rings. The molecule has 0 N–H and O–H groups in total. The van der Waals surface area contributed by atoms with Crippen LogP contribution >= 0.6 is 0 Å². The zero-order valence-corrected chi connectivity index (χ0v) is 41.0. The maximum atomic E-state index is 10.9. The molecular formula is C72H42N4. The van der Waals surface area contributed by atoms with Crippen molar-refractivity contribution in [3.05, 3.63) is 260 Å². The molecule has 0 aliphatic heterocycles. The van der Waals surface area contributed by atoms with Crippen LogP contribution in [0.4, 0.5) is 0 Å². The molecule has 2 aliphatic carbocycles. The van der Waals surface area contributed by atoms with Crippen LogP contribution in [0.25, 0.3) is 156 Å². The van der Waals surface area contributed by atoms with Crippen LogP contribution in [0.15, 0.2) is 255 Å². The van der Waals surface area contributed by atoms with Crippen LogP contribution in [0.2, 0.25) is 0 Å². The monoisotopic (exact) mass is 962 g/mol. The van der Waals surface area contributed by atoms with E-state index < -0.39 is 0 Å². The minimum absolute atomic E-state index is 0.519. The topological polar surface area (TPSA) is 62.5 Å². The van der Waals surface area contributed by atoms with Crippen LogP contribution in [0, 0.1) is 11.3 Å². The number of benzene rings is 12. The molecule has 350 valence electrons. The lowest BCUT2D eigenvalue weighted by Gasteiger charge is -2.18. The highest BCUT2D eigenvalue weighted by Crippen LogP contribution is 2.53. The van der Waals surface area contributed by atoms with Crippen molar-refractivity contribution >= 4 is 21.5 Å². The maximum Gasteiger partial charge on any atom is 0.164 e. The largest absolute Gasteiger partial charge is 0.208 e. The average Bonchev–Trinajstić information content (AvgIpc) is 4.09. The lowest BCUT2D eigenvalue weighted by atomic mass is 9.86. The van der Waals surface area contributed by atoms with Crippen molar-refractivity contribution in [2.24, 2.45) is 0 Å². The Labute approximate surface area is 440 Å². The predicted octanol–water partition coefficient (Wildman–Crippen LogP) is 18.7. The van der Waals surface area contributed by atoms with Crippen LogP contribution in [-0.2, 0) is 0 Å². The Kier molecular flexibility index (Phi) is 9.91. The summed E-state index contributed by atoms with van der Waals surface area (Å²) in [5.41, 5.74) is 23.8. The number of rotatable bonds is 8. The summed E-state index contributed by atoms with van der Waals surface area (Å²) in [5, 5.41) is 16.1. The number of hydrogen-bond donors (Lipinski definition) is 0. The van der Waals surface area contributed by atoms with E-state index in [2.05, 4.69) is 206 Å². The fourth-order valence-corrected chi connectivity index (χ4v) is 12.1. The van der Waals surface area contributed by atoms with E-state index in [1.165, 1.54) is 77.2 Å². The highest BCUT2D eigenvalue weighted by molar-refractivity contribution is 6.20. The normalized spacial score (nSPS) is 11.7. The lowest BCUT2D eigenvalue weighted by molar-refractivity contribution is 1.07. The van der Waals surface area contributed by atoms with Gasteiger partial charge in [0.2, 0.25) is 0 Å². The molecule has 0 saturated carbocycles. The summed E-state index contributed by atoms with van der Waals surface area (Å²) in [4.78, 5) is 15.6. The third-order valence-electron chi connectivity index (χ3n) is 15.5. The molecule has 15 rings (SSSR count). The fourth-order valence-electron chi connectivity index (χ4n) is 12.1. The van der Waals surface area contributed by atoms with Gasteiger partial charge in [-0.3, -0.25) is 0 Å².